The van der Waals surface area contributed by atoms with Gasteiger partial charge in [0, 0.05) is 42.9 Å². The van der Waals surface area contributed by atoms with E-state index in [1.807, 2.05) is 35.8 Å². The van der Waals surface area contributed by atoms with Gasteiger partial charge in [-0.25, -0.2) is 0 Å². The van der Waals surface area contributed by atoms with Gasteiger partial charge in [0.05, 0.1) is 12.2 Å². The maximum absolute atomic E-state index is 11.6. The van der Waals surface area contributed by atoms with E-state index in [0.29, 0.717) is 16.6 Å². The highest BCUT2D eigenvalue weighted by Crippen LogP contribution is 2.25. The van der Waals surface area contributed by atoms with E-state index in [9.17, 15) is 4.79 Å². The molecule has 0 fully saturated rings. The highest BCUT2D eigenvalue weighted by molar-refractivity contribution is 6.35. The minimum absolute atomic E-state index is 0.0185. The molecule has 1 aromatic carbocycles. The standard InChI is InChI=1S/C13H15Cl2N3O/c1-16(11-5-9(14)4-10(15)6-11)8-12-7-13(19)18(3)17(12)2/h4-7H,8H2,1-3H3. The average molecular weight is 300 g/mol. The van der Waals surface area contributed by atoms with Gasteiger partial charge in [0.2, 0.25) is 0 Å². The molecule has 0 N–H and O–H groups in total. The Bertz CT molecular complexity index is 640. The Morgan fingerprint density at radius 3 is 2.11 bits per heavy atom. The molecule has 4 nitrogen and oxygen atoms in total. The fourth-order valence-electron chi connectivity index (χ4n) is 1.91. The highest BCUT2D eigenvalue weighted by atomic mass is 35.5. The molecule has 0 unspecified atom stereocenters. The predicted molar refractivity (Wildman–Crippen MR) is 79.2 cm³/mol. The minimum atomic E-state index is -0.0185. The fourth-order valence-corrected chi connectivity index (χ4v) is 2.43. The fraction of sp³-hybridized carbons (Fsp3) is 0.308. The van der Waals surface area contributed by atoms with E-state index in [1.54, 1.807) is 23.9 Å². The Balaban J connectivity index is 2.27. The van der Waals surface area contributed by atoms with Gasteiger partial charge in [-0.3, -0.25) is 14.2 Å². The molecule has 0 aliphatic heterocycles. The van der Waals surface area contributed by atoms with Crippen molar-refractivity contribution in [1.29, 1.82) is 0 Å². The second-order valence-electron chi connectivity index (χ2n) is 4.50. The number of rotatable bonds is 3. The molecular weight excluding hydrogens is 285 g/mol. The number of nitrogens with zero attached hydrogens (tertiary/aromatic N) is 3. The van der Waals surface area contributed by atoms with Crippen molar-refractivity contribution in [2.24, 2.45) is 14.1 Å². The molecule has 1 aromatic heterocycles. The lowest BCUT2D eigenvalue weighted by molar-refractivity contribution is 0.554. The zero-order chi connectivity index (χ0) is 14.2. The Labute approximate surface area is 121 Å². The van der Waals surface area contributed by atoms with Crippen LogP contribution in [-0.4, -0.2) is 16.4 Å². The van der Waals surface area contributed by atoms with Gasteiger partial charge in [0.15, 0.2) is 0 Å². The van der Waals surface area contributed by atoms with Crippen molar-refractivity contribution in [3.05, 3.63) is 50.4 Å². The molecule has 0 saturated carbocycles. The van der Waals surface area contributed by atoms with E-state index < -0.39 is 0 Å². The third-order valence-electron chi connectivity index (χ3n) is 3.16. The van der Waals surface area contributed by atoms with Crippen molar-refractivity contribution in [3.8, 4) is 0 Å². The second-order valence-corrected chi connectivity index (χ2v) is 5.38. The monoisotopic (exact) mass is 299 g/mol. The van der Waals surface area contributed by atoms with Gasteiger partial charge < -0.3 is 4.90 Å². The lowest BCUT2D eigenvalue weighted by atomic mass is 10.3. The van der Waals surface area contributed by atoms with Gasteiger partial charge in [-0.15, -0.1) is 0 Å². The topological polar surface area (TPSA) is 30.2 Å². The average Bonchev–Trinajstić information content (AvgIpc) is 2.56. The van der Waals surface area contributed by atoms with E-state index in [4.69, 9.17) is 23.2 Å². The van der Waals surface area contributed by atoms with Crippen LogP contribution in [0.3, 0.4) is 0 Å². The minimum Gasteiger partial charge on any atom is -0.369 e. The predicted octanol–water partition coefficient (Wildman–Crippen LogP) is 2.67. The first-order valence-electron chi connectivity index (χ1n) is 5.77. The summed E-state index contributed by atoms with van der Waals surface area (Å²) in [7, 11) is 5.52. The molecule has 0 atom stereocenters. The van der Waals surface area contributed by atoms with Crippen LogP contribution in [0.2, 0.25) is 10.0 Å². The van der Waals surface area contributed by atoms with Crippen LogP contribution in [0.4, 0.5) is 5.69 Å². The second kappa shape index (κ2) is 5.31. The Hall–Kier alpha value is -1.39. The number of anilines is 1. The maximum atomic E-state index is 11.6. The normalized spacial score (nSPS) is 10.8. The summed E-state index contributed by atoms with van der Waals surface area (Å²) >= 11 is 12.0. The van der Waals surface area contributed by atoms with Gasteiger partial charge in [-0.2, -0.15) is 0 Å². The van der Waals surface area contributed by atoms with Gasteiger partial charge in [0.25, 0.3) is 5.56 Å². The summed E-state index contributed by atoms with van der Waals surface area (Å²) in [6.45, 7) is 0.600. The lowest BCUT2D eigenvalue weighted by Crippen LogP contribution is -2.20. The van der Waals surface area contributed by atoms with Crippen molar-refractivity contribution in [1.82, 2.24) is 9.36 Å². The molecule has 19 heavy (non-hydrogen) atoms. The quantitative estimate of drug-likeness (QED) is 0.872. The third-order valence-corrected chi connectivity index (χ3v) is 3.60. The molecule has 1 heterocycles. The highest BCUT2D eigenvalue weighted by Gasteiger charge is 2.09. The van der Waals surface area contributed by atoms with E-state index in [-0.39, 0.29) is 5.56 Å². The molecule has 2 aromatic rings. The number of halogens is 2. The largest absolute Gasteiger partial charge is 0.369 e. The summed E-state index contributed by atoms with van der Waals surface area (Å²) in [5.41, 5.74) is 1.81. The van der Waals surface area contributed by atoms with Gasteiger partial charge in [0.1, 0.15) is 0 Å². The van der Waals surface area contributed by atoms with Crippen LogP contribution in [-0.2, 0) is 20.6 Å². The van der Waals surface area contributed by atoms with Gasteiger partial charge >= 0.3 is 0 Å². The third kappa shape index (κ3) is 2.96. The molecule has 102 valence electrons. The summed E-state index contributed by atoms with van der Waals surface area (Å²) in [6.07, 6.45) is 0. The van der Waals surface area contributed by atoms with Crippen LogP contribution in [0.15, 0.2) is 29.1 Å². The molecule has 0 saturated heterocycles. The number of aromatic nitrogens is 2. The number of hydrogen-bond acceptors (Lipinski definition) is 2. The SMILES string of the molecule is CN(Cc1cc(=O)n(C)n1C)c1cc(Cl)cc(Cl)c1. The van der Waals surface area contributed by atoms with Crippen molar-refractivity contribution in [2.75, 3.05) is 11.9 Å². The van der Waals surface area contributed by atoms with E-state index in [0.717, 1.165) is 11.4 Å². The van der Waals surface area contributed by atoms with Crippen molar-refractivity contribution < 1.29 is 0 Å². The molecule has 0 aliphatic rings. The van der Waals surface area contributed by atoms with Gasteiger partial charge in [-0.1, -0.05) is 23.2 Å². The first-order chi connectivity index (χ1) is 8.88. The summed E-state index contributed by atoms with van der Waals surface area (Å²) in [4.78, 5) is 13.6. The van der Waals surface area contributed by atoms with Crippen LogP contribution >= 0.6 is 23.2 Å². The van der Waals surface area contributed by atoms with Crippen LogP contribution in [0.5, 0.6) is 0 Å². The lowest BCUT2D eigenvalue weighted by Gasteiger charge is -2.20. The Morgan fingerprint density at radius 1 is 1.05 bits per heavy atom. The van der Waals surface area contributed by atoms with Crippen LogP contribution < -0.4 is 10.5 Å². The molecule has 0 bridgehead atoms. The van der Waals surface area contributed by atoms with Gasteiger partial charge in [-0.05, 0) is 18.2 Å². The molecule has 2 rings (SSSR count). The van der Waals surface area contributed by atoms with Crippen LogP contribution in [0.25, 0.3) is 0 Å². The molecule has 0 spiro atoms. The zero-order valence-electron chi connectivity index (χ0n) is 11.0. The summed E-state index contributed by atoms with van der Waals surface area (Å²) in [6, 6.07) is 7.00. The Kier molecular flexibility index (Phi) is 3.92. The first kappa shape index (κ1) is 14.0. The summed E-state index contributed by atoms with van der Waals surface area (Å²) < 4.78 is 3.39. The zero-order valence-corrected chi connectivity index (χ0v) is 12.5. The van der Waals surface area contributed by atoms with E-state index in [2.05, 4.69) is 0 Å². The van der Waals surface area contributed by atoms with Crippen molar-refractivity contribution in [3.63, 3.8) is 0 Å². The number of hydrogen-bond donors (Lipinski definition) is 0. The summed E-state index contributed by atoms with van der Waals surface area (Å²) in [5.74, 6) is 0. The summed E-state index contributed by atoms with van der Waals surface area (Å²) in [5, 5.41) is 1.19. The maximum Gasteiger partial charge on any atom is 0.266 e. The first-order valence-corrected chi connectivity index (χ1v) is 6.53. The van der Waals surface area contributed by atoms with Crippen molar-refractivity contribution in [2.45, 2.75) is 6.54 Å². The van der Waals surface area contributed by atoms with E-state index in [1.165, 1.54) is 0 Å². The number of benzene rings is 1. The molecule has 6 heteroatoms. The van der Waals surface area contributed by atoms with Crippen LogP contribution in [0.1, 0.15) is 5.69 Å². The van der Waals surface area contributed by atoms with Crippen LogP contribution in [0, 0.1) is 0 Å². The molecule has 0 aliphatic carbocycles. The smallest absolute Gasteiger partial charge is 0.266 e. The van der Waals surface area contributed by atoms with E-state index >= 15 is 0 Å². The Morgan fingerprint density at radius 2 is 1.63 bits per heavy atom. The van der Waals surface area contributed by atoms with Crippen molar-refractivity contribution >= 4 is 28.9 Å². The molecular formula is C13H15Cl2N3O. The molecule has 0 amide bonds. The molecule has 0 radical (unpaired) electrons.